The normalized spacial score (nSPS) is 15.0. The number of aromatic nitrogens is 2. The number of aryl methyl sites for hydroxylation is 1. The van der Waals surface area contributed by atoms with Gasteiger partial charge in [-0.1, -0.05) is 17.7 Å². The van der Waals surface area contributed by atoms with Crippen molar-refractivity contribution in [1.82, 2.24) is 15.1 Å². The van der Waals surface area contributed by atoms with E-state index in [0.29, 0.717) is 6.04 Å². The largest absolute Gasteiger partial charge is 0.310 e. The van der Waals surface area contributed by atoms with E-state index < -0.39 is 0 Å². The molecular formula is C14H16ClN3. The van der Waals surface area contributed by atoms with Gasteiger partial charge in [0.05, 0.1) is 5.69 Å². The van der Waals surface area contributed by atoms with Crippen LogP contribution in [-0.4, -0.2) is 15.8 Å². The van der Waals surface area contributed by atoms with Gasteiger partial charge in [-0.25, -0.2) is 0 Å². The van der Waals surface area contributed by atoms with Crippen molar-refractivity contribution in [2.45, 2.75) is 25.4 Å². The molecule has 0 bridgehead atoms. The van der Waals surface area contributed by atoms with Crippen LogP contribution in [0, 0.1) is 0 Å². The van der Waals surface area contributed by atoms with E-state index in [9.17, 15) is 0 Å². The van der Waals surface area contributed by atoms with Crippen LogP contribution in [0.15, 0.2) is 30.5 Å². The first-order valence-electron chi connectivity index (χ1n) is 6.24. The molecule has 0 radical (unpaired) electrons. The van der Waals surface area contributed by atoms with E-state index in [1.165, 1.54) is 24.0 Å². The van der Waals surface area contributed by atoms with E-state index in [1.807, 2.05) is 36.1 Å². The monoisotopic (exact) mass is 261 g/mol. The van der Waals surface area contributed by atoms with Crippen molar-refractivity contribution < 1.29 is 0 Å². The fraction of sp³-hybridized carbons (Fsp3) is 0.357. The Morgan fingerprint density at radius 2 is 2.22 bits per heavy atom. The second kappa shape index (κ2) is 4.75. The van der Waals surface area contributed by atoms with Crippen molar-refractivity contribution in [3.05, 3.63) is 41.0 Å². The average Bonchev–Trinajstić information content (AvgIpc) is 3.09. The molecule has 1 fully saturated rings. The third-order valence-corrected chi connectivity index (χ3v) is 3.56. The summed E-state index contributed by atoms with van der Waals surface area (Å²) >= 11 is 6.10. The van der Waals surface area contributed by atoms with Gasteiger partial charge in [0.25, 0.3) is 0 Å². The summed E-state index contributed by atoms with van der Waals surface area (Å²) in [5, 5.41) is 8.55. The highest BCUT2D eigenvalue weighted by atomic mass is 35.5. The molecular weight excluding hydrogens is 246 g/mol. The molecule has 0 atom stereocenters. The number of nitrogens with one attached hydrogen (secondary N) is 1. The quantitative estimate of drug-likeness (QED) is 0.917. The maximum absolute atomic E-state index is 6.10. The molecule has 18 heavy (non-hydrogen) atoms. The number of hydrogen-bond donors (Lipinski definition) is 1. The molecule has 0 aliphatic heterocycles. The number of benzene rings is 1. The van der Waals surface area contributed by atoms with Crippen molar-refractivity contribution in [2.24, 2.45) is 7.05 Å². The lowest BCUT2D eigenvalue weighted by Gasteiger charge is -2.11. The van der Waals surface area contributed by atoms with Crippen LogP contribution in [0.5, 0.6) is 0 Å². The Hall–Kier alpha value is -1.32. The SMILES string of the molecule is Cn1nccc1-c1ccc(Cl)cc1CNC1CC1. The molecule has 3 nitrogen and oxygen atoms in total. The van der Waals surface area contributed by atoms with E-state index in [4.69, 9.17) is 11.6 Å². The van der Waals surface area contributed by atoms with Crippen molar-refractivity contribution in [3.8, 4) is 11.3 Å². The summed E-state index contributed by atoms with van der Waals surface area (Å²) in [4.78, 5) is 0. The van der Waals surface area contributed by atoms with Gasteiger partial charge in [-0.3, -0.25) is 4.68 Å². The van der Waals surface area contributed by atoms with E-state index in [-0.39, 0.29) is 0 Å². The molecule has 1 aliphatic carbocycles. The zero-order chi connectivity index (χ0) is 12.5. The van der Waals surface area contributed by atoms with Crippen LogP contribution < -0.4 is 5.32 Å². The smallest absolute Gasteiger partial charge is 0.0682 e. The van der Waals surface area contributed by atoms with Crippen molar-refractivity contribution in [1.29, 1.82) is 0 Å². The van der Waals surface area contributed by atoms with E-state index in [0.717, 1.165) is 17.3 Å². The average molecular weight is 262 g/mol. The first-order chi connectivity index (χ1) is 8.74. The molecule has 1 heterocycles. The number of hydrogen-bond acceptors (Lipinski definition) is 2. The maximum atomic E-state index is 6.10. The molecule has 3 rings (SSSR count). The summed E-state index contributed by atoms with van der Waals surface area (Å²) in [5.41, 5.74) is 3.56. The van der Waals surface area contributed by atoms with Gasteiger partial charge in [0, 0.05) is 36.4 Å². The fourth-order valence-corrected chi connectivity index (χ4v) is 2.33. The first kappa shape index (κ1) is 11.8. The van der Waals surface area contributed by atoms with Crippen LogP contribution in [0.25, 0.3) is 11.3 Å². The van der Waals surface area contributed by atoms with Crippen LogP contribution in [0.4, 0.5) is 0 Å². The standard InChI is InChI=1S/C14H16ClN3/c1-18-14(6-7-17-18)13-5-2-11(15)8-10(13)9-16-12-3-4-12/h2,5-8,12,16H,3-4,9H2,1H3. The third-order valence-electron chi connectivity index (χ3n) is 3.32. The Balaban J connectivity index is 1.94. The summed E-state index contributed by atoms with van der Waals surface area (Å²) < 4.78 is 1.89. The van der Waals surface area contributed by atoms with Gasteiger partial charge in [0.2, 0.25) is 0 Å². The van der Waals surface area contributed by atoms with Crippen molar-refractivity contribution >= 4 is 11.6 Å². The summed E-state index contributed by atoms with van der Waals surface area (Å²) in [6.45, 7) is 0.867. The minimum absolute atomic E-state index is 0.698. The Bertz CT molecular complexity index is 558. The van der Waals surface area contributed by atoms with Crippen LogP contribution in [-0.2, 0) is 13.6 Å². The highest BCUT2D eigenvalue weighted by Gasteiger charge is 2.20. The predicted octanol–water partition coefficient (Wildman–Crippen LogP) is 2.99. The lowest BCUT2D eigenvalue weighted by molar-refractivity contribution is 0.687. The highest BCUT2D eigenvalue weighted by Crippen LogP contribution is 2.27. The number of halogens is 1. The summed E-state index contributed by atoms with van der Waals surface area (Å²) in [5.74, 6) is 0. The maximum Gasteiger partial charge on any atom is 0.0682 e. The lowest BCUT2D eigenvalue weighted by Crippen LogP contribution is -2.16. The van der Waals surface area contributed by atoms with Crippen LogP contribution in [0.1, 0.15) is 18.4 Å². The van der Waals surface area contributed by atoms with Gasteiger partial charge in [-0.15, -0.1) is 0 Å². The van der Waals surface area contributed by atoms with Crippen LogP contribution >= 0.6 is 11.6 Å². The first-order valence-corrected chi connectivity index (χ1v) is 6.62. The molecule has 1 aliphatic rings. The Labute approximate surface area is 112 Å². The van der Waals surface area contributed by atoms with Gasteiger partial charge >= 0.3 is 0 Å². The Kier molecular flexibility index (Phi) is 3.10. The minimum atomic E-state index is 0.698. The Morgan fingerprint density at radius 3 is 2.89 bits per heavy atom. The topological polar surface area (TPSA) is 29.9 Å². The van der Waals surface area contributed by atoms with Gasteiger partial charge < -0.3 is 5.32 Å². The van der Waals surface area contributed by atoms with E-state index in [2.05, 4.69) is 16.5 Å². The molecule has 94 valence electrons. The van der Waals surface area contributed by atoms with Gasteiger partial charge in [0.1, 0.15) is 0 Å². The Morgan fingerprint density at radius 1 is 1.39 bits per heavy atom. The van der Waals surface area contributed by atoms with E-state index >= 15 is 0 Å². The number of rotatable bonds is 4. The molecule has 0 unspecified atom stereocenters. The van der Waals surface area contributed by atoms with Gasteiger partial charge in [-0.05, 0) is 36.6 Å². The molecule has 1 aromatic carbocycles. The molecule has 4 heteroatoms. The van der Waals surface area contributed by atoms with Crippen molar-refractivity contribution in [2.75, 3.05) is 0 Å². The molecule has 1 N–H and O–H groups in total. The highest BCUT2D eigenvalue weighted by molar-refractivity contribution is 6.30. The molecule has 1 saturated carbocycles. The summed E-state index contributed by atoms with van der Waals surface area (Å²) in [6.07, 6.45) is 4.41. The molecule has 2 aromatic rings. The third kappa shape index (κ3) is 2.42. The van der Waals surface area contributed by atoms with Crippen LogP contribution in [0.3, 0.4) is 0 Å². The molecule has 0 saturated heterocycles. The van der Waals surface area contributed by atoms with E-state index in [1.54, 1.807) is 0 Å². The van der Waals surface area contributed by atoms with Gasteiger partial charge in [0.15, 0.2) is 0 Å². The summed E-state index contributed by atoms with van der Waals surface area (Å²) in [7, 11) is 1.96. The zero-order valence-corrected chi connectivity index (χ0v) is 11.1. The minimum Gasteiger partial charge on any atom is -0.310 e. The second-order valence-corrected chi connectivity index (χ2v) is 5.23. The fourth-order valence-electron chi connectivity index (χ4n) is 2.14. The predicted molar refractivity (Wildman–Crippen MR) is 73.5 cm³/mol. The molecule has 0 amide bonds. The van der Waals surface area contributed by atoms with Gasteiger partial charge in [-0.2, -0.15) is 5.10 Å². The summed E-state index contributed by atoms with van der Waals surface area (Å²) in [6, 6.07) is 8.78. The lowest BCUT2D eigenvalue weighted by atomic mass is 10.0. The molecule has 0 spiro atoms. The number of nitrogens with zero attached hydrogens (tertiary/aromatic N) is 2. The van der Waals surface area contributed by atoms with Crippen molar-refractivity contribution in [3.63, 3.8) is 0 Å². The molecule has 1 aromatic heterocycles. The van der Waals surface area contributed by atoms with Crippen LogP contribution in [0.2, 0.25) is 5.02 Å². The second-order valence-electron chi connectivity index (χ2n) is 4.80. The zero-order valence-electron chi connectivity index (χ0n) is 10.4.